The van der Waals surface area contributed by atoms with Crippen LogP contribution in [0, 0.1) is 0 Å². The Morgan fingerprint density at radius 3 is 2.94 bits per heavy atom. The normalized spacial score (nSPS) is 10.1. The fourth-order valence-electron chi connectivity index (χ4n) is 1.43. The quantitative estimate of drug-likeness (QED) is 0.867. The van der Waals surface area contributed by atoms with Gasteiger partial charge in [-0.25, -0.2) is 4.98 Å². The molecule has 88 valence electrons. The maximum atomic E-state index is 11.7. The van der Waals surface area contributed by atoms with E-state index in [2.05, 4.69) is 10.3 Å². The Morgan fingerprint density at radius 2 is 2.24 bits per heavy atom. The van der Waals surface area contributed by atoms with Gasteiger partial charge in [-0.15, -0.1) is 11.3 Å². The third-order valence-corrected chi connectivity index (χ3v) is 2.93. The minimum Gasteiger partial charge on any atom is -0.507 e. The molecule has 0 aliphatic carbocycles. The highest BCUT2D eigenvalue weighted by Gasteiger charge is 2.09. The van der Waals surface area contributed by atoms with Crippen molar-refractivity contribution in [3.8, 4) is 5.75 Å². The van der Waals surface area contributed by atoms with Gasteiger partial charge in [-0.05, 0) is 12.1 Å². The molecule has 17 heavy (non-hydrogen) atoms. The molecule has 2 aromatic rings. The van der Waals surface area contributed by atoms with Gasteiger partial charge in [0.25, 0.3) is 5.91 Å². The summed E-state index contributed by atoms with van der Waals surface area (Å²) in [6, 6.07) is 6.49. The topological polar surface area (TPSA) is 62.2 Å². The monoisotopic (exact) mass is 248 g/mol. The lowest BCUT2D eigenvalue weighted by molar-refractivity contribution is 0.0951. The van der Waals surface area contributed by atoms with Crippen molar-refractivity contribution < 1.29 is 9.90 Å². The van der Waals surface area contributed by atoms with Crippen molar-refractivity contribution in [2.24, 2.45) is 0 Å². The zero-order valence-electron chi connectivity index (χ0n) is 9.09. The van der Waals surface area contributed by atoms with Gasteiger partial charge < -0.3 is 10.4 Å². The van der Waals surface area contributed by atoms with Crippen molar-refractivity contribution in [2.45, 2.75) is 6.42 Å². The molecule has 0 fully saturated rings. The molecule has 0 aliphatic heterocycles. The fourth-order valence-corrected chi connectivity index (χ4v) is 2.02. The number of rotatable bonds is 4. The van der Waals surface area contributed by atoms with Crippen LogP contribution in [0.3, 0.4) is 0 Å². The van der Waals surface area contributed by atoms with Gasteiger partial charge in [0, 0.05) is 18.3 Å². The maximum absolute atomic E-state index is 11.7. The molecule has 0 spiro atoms. The first-order chi connectivity index (χ1) is 8.27. The number of phenolic OH excluding ortho intramolecular Hbond substituents is 1. The number of hydrogen-bond donors (Lipinski definition) is 2. The number of phenols is 1. The third-order valence-electron chi connectivity index (χ3n) is 2.30. The molecular formula is C12H12N2O2S. The summed E-state index contributed by atoms with van der Waals surface area (Å²) >= 11 is 1.53. The second-order valence-electron chi connectivity index (χ2n) is 3.50. The number of thiazole rings is 1. The summed E-state index contributed by atoms with van der Waals surface area (Å²) in [7, 11) is 0. The Kier molecular flexibility index (Phi) is 3.72. The van der Waals surface area contributed by atoms with E-state index in [0.717, 1.165) is 5.69 Å². The molecule has 0 atom stereocenters. The number of benzene rings is 1. The number of aromatic nitrogens is 1. The predicted molar refractivity (Wildman–Crippen MR) is 66.3 cm³/mol. The standard InChI is InChI=1S/C12H12N2O2S/c15-11-4-2-1-3-10(11)12(16)13-6-5-9-7-17-8-14-9/h1-4,7-8,15H,5-6H2,(H,13,16). The summed E-state index contributed by atoms with van der Waals surface area (Å²) in [5, 5.41) is 14.2. The van der Waals surface area contributed by atoms with E-state index in [1.165, 1.54) is 17.4 Å². The highest BCUT2D eigenvalue weighted by molar-refractivity contribution is 7.07. The summed E-state index contributed by atoms with van der Waals surface area (Å²) in [4.78, 5) is 15.8. The molecule has 0 unspecified atom stereocenters. The lowest BCUT2D eigenvalue weighted by Gasteiger charge is -2.05. The lowest BCUT2D eigenvalue weighted by atomic mass is 10.2. The van der Waals surface area contributed by atoms with Gasteiger partial charge in [-0.2, -0.15) is 0 Å². The number of amides is 1. The van der Waals surface area contributed by atoms with Crippen LogP contribution in [0.2, 0.25) is 0 Å². The van der Waals surface area contributed by atoms with Crippen LogP contribution in [-0.4, -0.2) is 22.5 Å². The van der Waals surface area contributed by atoms with Crippen molar-refractivity contribution in [3.05, 3.63) is 46.4 Å². The summed E-state index contributed by atoms with van der Waals surface area (Å²) in [6.07, 6.45) is 0.697. The van der Waals surface area contributed by atoms with Crippen LogP contribution >= 0.6 is 11.3 Å². The smallest absolute Gasteiger partial charge is 0.255 e. The lowest BCUT2D eigenvalue weighted by Crippen LogP contribution is -2.25. The molecule has 0 saturated heterocycles. The Bertz CT molecular complexity index is 497. The van der Waals surface area contributed by atoms with E-state index in [0.29, 0.717) is 18.5 Å². The van der Waals surface area contributed by atoms with E-state index in [-0.39, 0.29) is 11.7 Å². The average Bonchev–Trinajstić information content (AvgIpc) is 2.82. The van der Waals surface area contributed by atoms with Gasteiger partial charge in [-0.1, -0.05) is 12.1 Å². The minimum atomic E-state index is -0.265. The molecule has 4 nitrogen and oxygen atoms in total. The molecule has 2 N–H and O–H groups in total. The molecular weight excluding hydrogens is 236 g/mol. The maximum Gasteiger partial charge on any atom is 0.255 e. The first-order valence-corrected chi connectivity index (χ1v) is 6.15. The summed E-state index contributed by atoms with van der Waals surface area (Å²) in [5.41, 5.74) is 3.03. The van der Waals surface area contributed by atoms with E-state index in [9.17, 15) is 9.90 Å². The van der Waals surface area contributed by atoms with Crippen molar-refractivity contribution in [1.82, 2.24) is 10.3 Å². The molecule has 1 aromatic carbocycles. The van der Waals surface area contributed by atoms with Gasteiger partial charge in [0.05, 0.1) is 16.8 Å². The van der Waals surface area contributed by atoms with Crippen molar-refractivity contribution in [3.63, 3.8) is 0 Å². The van der Waals surface area contributed by atoms with E-state index in [1.807, 2.05) is 5.38 Å². The number of hydrogen-bond acceptors (Lipinski definition) is 4. The molecule has 1 aromatic heterocycles. The van der Waals surface area contributed by atoms with Crippen LogP contribution in [0.1, 0.15) is 16.1 Å². The van der Waals surface area contributed by atoms with E-state index < -0.39 is 0 Å². The number of carbonyl (C=O) groups is 1. The highest BCUT2D eigenvalue weighted by Crippen LogP contribution is 2.14. The van der Waals surface area contributed by atoms with Crippen LogP contribution in [0.25, 0.3) is 0 Å². The van der Waals surface area contributed by atoms with E-state index >= 15 is 0 Å². The number of nitrogens with one attached hydrogen (secondary N) is 1. The molecule has 1 heterocycles. The SMILES string of the molecule is O=C(NCCc1cscn1)c1ccccc1O. The Labute approximate surface area is 103 Å². The average molecular weight is 248 g/mol. The molecule has 0 radical (unpaired) electrons. The van der Waals surface area contributed by atoms with Gasteiger partial charge in [0.2, 0.25) is 0 Å². The first kappa shape index (κ1) is 11.6. The van der Waals surface area contributed by atoms with Crippen molar-refractivity contribution in [1.29, 1.82) is 0 Å². The second-order valence-corrected chi connectivity index (χ2v) is 4.22. The number of carbonyl (C=O) groups excluding carboxylic acids is 1. The van der Waals surface area contributed by atoms with Gasteiger partial charge >= 0.3 is 0 Å². The van der Waals surface area contributed by atoms with Gasteiger partial charge in [-0.3, -0.25) is 4.79 Å². The molecule has 1 amide bonds. The minimum absolute atomic E-state index is 0.00124. The van der Waals surface area contributed by atoms with Crippen LogP contribution in [-0.2, 0) is 6.42 Å². The Hall–Kier alpha value is -1.88. The Balaban J connectivity index is 1.88. The predicted octanol–water partition coefficient (Wildman–Crippen LogP) is 1.82. The molecule has 5 heteroatoms. The third kappa shape index (κ3) is 3.04. The van der Waals surface area contributed by atoms with E-state index in [1.54, 1.807) is 23.7 Å². The van der Waals surface area contributed by atoms with Gasteiger partial charge in [0.15, 0.2) is 0 Å². The fraction of sp³-hybridized carbons (Fsp3) is 0.167. The summed E-state index contributed by atoms with van der Waals surface area (Å²) < 4.78 is 0. The number of aromatic hydroxyl groups is 1. The van der Waals surface area contributed by atoms with Crippen LogP contribution in [0.4, 0.5) is 0 Å². The van der Waals surface area contributed by atoms with Crippen molar-refractivity contribution >= 4 is 17.2 Å². The first-order valence-electron chi connectivity index (χ1n) is 5.20. The zero-order valence-corrected chi connectivity index (χ0v) is 9.91. The largest absolute Gasteiger partial charge is 0.507 e. The van der Waals surface area contributed by atoms with Crippen LogP contribution in [0.15, 0.2) is 35.2 Å². The van der Waals surface area contributed by atoms with Crippen LogP contribution in [0.5, 0.6) is 5.75 Å². The van der Waals surface area contributed by atoms with Gasteiger partial charge in [0.1, 0.15) is 5.75 Å². The van der Waals surface area contributed by atoms with E-state index in [4.69, 9.17) is 0 Å². The van der Waals surface area contributed by atoms with Crippen molar-refractivity contribution in [2.75, 3.05) is 6.54 Å². The second kappa shape index (κ2) is 5.45. The molecule has 0 aliphatic rings. The molecule has 0 bridgehead atoms. The Morgan fingerprint density at radius 1 is 1.41 bits per heavy atom. The number of nitrogens with zero attached hydrogens (tertiary/aromatic N) is 1. The number of para-hydroxylation sites is 1. The highest BCUT2D eigenvalue weighted by atomic mass is 32.1. The summed E-state index contributed by atoms with van der Waals surface area (Å²) in [6.45, 7) is 0.511. The molecule has 2 rings (SSSR count). The molecule has 0 saturated carbocycles. The van der Waals surface area contributed by atoms with Crippen LogP contribution < -0.4 is 5.32 Å². The summed E-state index contributed by atoms with van der Waals surface area (Å²) in [5.74, 6) is -0.267. The zero-order chi connectivity index (χ0) is 12.1.